The third kappa shape index (κ3) is 3.10. The van der Waals surface area contributed by atoms with E-state index in [-0.39, 0.29) is 5.39 Å². The first-order valence-electron chi connectivity index (χ1n) is 9.72. The van der Waals surface area contributed by atoms with Crippen molar-refractivity contribution in [2.24, 2.45) is 0 Å². The van der Waals surface area contributed by atoms with Crippen LogP contribution in [0.4, 0.5) is 10.2 Å². The van der Waals surface area contributed by atoms with Crippen LogP contribution in [0.2, 0.25) is 0 Å². The molecule has 154 valence electrons. The standard InChI is InChI=1S/C22H18FN7O/c1-12-6-3-4-9-16(12)30-21(29-15-8-5-7-14(23)17(15)22(30)31)13(2)28-20-18-19(25-10-24-18)26-11-27-20/h3-11,13H,1-2H3,(H2,24,25,26,27,28). The topological polar surface area (TPSA) is 101 Å². The largest absolute Gasteiger partial charge is 0.358 e. The number of nitrogens with zero attached hydrogens (tertiary/aromatic N) is 5. The highest BCUT2D eigenvalue weighted by Crippen LogP contribution is 2.25. The molecule has 31 heavy (non-hydrogen) atoms. The van der Waals surface area contributed by atoms with E-state index in [1.807, 2.05) is 38.1 Å². The molecule has 0 bridgehead atoms. The lowest BCUT2D eigenvalue weighted by molar-refractivity contribution is 0.635. The second-order valence-corrected chi connectivity index (χ2v) is 7.22. The molecule has 0 aliphatic carbocycles. The van der Waals surface area contributed by atoms with Gasteiger partial charge in [0.2, 0.25) is 0 Å². The van der Waals surface area contributed by atoms with Crippen LogP contribution in [0.25, 0.3) is 27.8 Å². The Morgan fingerprint density at radius 2 is 1.94 bits per heavy atom. The number of aromatic amines is 1. The van der Waals surface area contributed by atoms with E-state index in [1.54, 1.807) is 12.1 Å². The SMILES string of the molecule is Cc1ccccc1-n1c(C(C)Nc2ncnc3nc[nH]c23)nc2cccc(F)c2c1=O. The number of hydrogen-bond donors (Lipinski definition) is 2. The lowest BCUT2D eigenvalue weighted by Crippen LogP contribution is -2.28. The second kappa shape index (κ2) is 7.28. The van der Waals surface area contributed by atoms with E-state index in [9.17, 15) is 9.18 Å². The van der Waals surface area contributed by atoms with Gasteiger partial charge < -0.3 is 10.3 Å². The molecular formula is C22H18FN7O. The van der Waals surface area contributed by atoms with Gasteiger partial charge >= 0.3 is 0 Å². The van der Waals surface area contributed by atoms with Gasteiger partial charge in [-0.05, 0) is 37.6 Å². The van der Waals surface area contributed by atoms with Crippen molar-refractivity contribution in [3.05, 3.63) is 82.7 Å². The molecule has 2 N–H and O–H groups in total. The summed E-state index contributed by atoms with van der Waals surface area (Å²) in [7, 11) is 0. The van der Waals surface area contributed by atoms with Crippen LogP contribution in [0.5, 0.6) is 0 Å². The number of halogens is 1. The van der Waals surface area contributed by atoms with Crippen LogP contribution in [-0.4, -0.2) is 29.5 Å². The van der Waals surface area contributed by atoms with Gasteiger partial charge in [0.05, 0.1) is 23.6 Å². The average Bonchev–Trinajstić information content (AvgIpc) is 3.24. The summed E-state index contributed by atoms with van der Waals surface area (Å²) in [6.45, 7) is 3.76. The van der Waals surface area contributed by atoms with Crippen LogP contribution in [-0.2, 0) is 0 Å². The van der Waals surface area contributed by atoms with E-state index in [0.717, 1.165) is 5.56 Å². The normalized spacial score (nSPS) is 12.4. The Labute approximate surface area is 175 Å². The van der Waals surface area contributed by atoms with Crippen molar-refractivity contribution < 1.29 is 4.39 Å². The number of benzene rings is 2. The smallest absolute Gasteiger partial charge is 0.269 e. The van der Waals surface area contributed by atoms with E-state index in [1.165, 1.54) is 23.3 Å². The second-order valence-electron chi connectivity index (χ2n) is 7.22. The fraction of sp³-hybridized carbons (Fsp3) is 0.136. The van der Waals surface area contributed by atoms with E-state index >= 15 is 0 Å². The summed E-state index contributed by atoms with van der Waals surface area (Å²) in [4.78, 5) is 33.7. The van der Waals surface area contributed by atoms with Gasteiger partial charge in [-0.1, -0.05) is 24.3 Å². The third-order valence-electron chi connectivity index (χ3n) is 5.19. The van der Waals surface area contributed by atoms with Crippen LogP contribution in [0, 0.1) is 12.7 Å². The van der Waals surface area contributed by atoms with E-state index in [0.29, 0.717) is 34.0 Å². The van der Waals surface area contributed by atoms with Gasteiger partial charge in [0.15, 0.2) is 11.5 Å². The van der Waals surface area contributed by atoms with Crippen molar-refractivity contribution in [2.75, 3.05) is 5.32 Å². The van der Waals surface area contributed by atoms with Gasteiger partial charge in [0.25, 0.3) is 5.56 Å². The minimum Gasteiger partial charge on any atom is -0.358 e. The molecule has 1 unspecified atom stereocenters. The van der Waals surface area contributed by atoms with Crippen molar-refractivity contribution >= 4 is 27.9 Å². The molecular weight excluding hydrogens is 397 g/mol. The molecule has 0 saturated heterocycles. The van der Waals surface area contributed by atoms with Crippen LogP contribution < -0.4 is 10.9 Å². The van der Waals surface area contributed by atoms with Crippen molar-refractivity contribution in [2.45, 2.75) is 19.9 Å². The Bertz CT molecular complexity index is 1490. The quantitative estimate of drug-likeness (QED) is 0.464. The average molecular weight is 415 g/mol. The fourth-order valence-corrected chi connectivity index (χ4v) is 3.69. The highest BCUT2D eigenvalue weighted by Gasteiger charge is 2.21. The lowest BCUT2D eigenvalue weighted by atomic mass is 10.1. The number of rotatable bonds is 4. The maximum absolute atomic E-state index is 14.6. The molecule has 3 heterocycles. The summed E-state index contributed by atoms with van der Waals surface area (Å²) >= 11 is 0. The molecule has 0 spiro atoms. The van der Waals surface area contributed by atoms with Crippen molar-refractivity contribution in [1.82, 2.24) is 29.5 Å². The molecule has 0 aliphatic rings. The van der Waals surface area contributed by atoms with Gasteiger partial charge in [-0.2, -0.15) is 0 Å². The summed E-state index contributed by atoms with van der Waals surface area (Å²) in [5.74, 6) is 0.364. The highest BCUT2D eigenvalue weighted by molar-refractivity contribution is 5.82. The molecule has 0 radical (unpaired) electrons. The Kier molecular flexibility index (Phi) is 4.43. The minimum atomic E-state index is -0.598. The summed E-state index contributed by atoms with van der Waals surface area (Å²) in [6, 6.07) is 11.4. The minimum absolute atomic E-state index is 0.0419. The maximum atomic E-state index is 14.6. The number of imidazole rings is 1. The number of fused-ring (bicyclic) bond motifs is 2. The number of para-hydroxylation sites is 1. The Hall–Kier alpha value is -4.14. The zero-order chi connectivity index (χ0) is 21.5. The molecule has 5 aromatic rings. The van der Waals surface area contributed by atoms with Gasteiger partial charge in [-0.15, -0.1) is 0 Å². The van der Waals surface area contributed by atoms with Crippen LogP contribution in [0.3, 0.4) is 0 Å². The molecule has 0 saturated carbocycles. The third-order valence-corrected chi connectivity index (χ3v) is 5.19. The highest BCUT2D eigenvalue weighted by atomic mass is 19.1. The molecule has 8 nitrogen and oxygen atoms in total. The fourth-order valence-electron chi connectivity index (χ4n) is 3.69. The molecule has 5 rings (SSSR count). The maximum Gasteiger partial charge on any atom is 0.269 e. The zero-order valence-corrected chi connectivity index (χ0v) is 16.8. The number of H-pyrrole nitrogens is 1. The molecule has 1 atom stereocenters. The summed E-state index contributed by atoms with van der Waals surface area (Å²) in [5.41, 5.74) is 2.51. The summed E-state index contributed by atoms with van der Waals surface area (Å²) < 4.78 is 16.0. The summed E-state index contributed by atoms with van der Waals surface area (Å²) in [5, 5.41) is 3.24. The first-order chi connectivity index (χ1) is 15.0. The van der Waals surface area contributed by atoms with Gasteiger partial charge in [0, 0.05) is 0 Å². The molecule has 0 fully saturated rings. The van der Waals surface area contributed by atoms with E-state index < -0.39 is 17.4 Å². The van der Waals surface area contributed by atoms with Crippen molar-refractivity contribution in [3.8, 4) is 5.69 Å². The number of aromatic nitrogens is 6. The molecule has 0 aliphatic heterocycles. The molecule has 3 aromatic heterocycles. The van der Waals surface area contributed by atoms with Crippen LogP contribution in [0.1, 0.15) is 24.4 Å². The molecule has 0 amide bonds. The Morgan fingerprint density at radius 3 is 2.77 bits per heavy atom. The summed E-state index contributed by atoms with van der Waals surface area (Å²) in [6.07, 6.45) is 2.95. The number of anilines is 1. The van der Waals surface area contributed by atoms with E-state index in [4.69, 9.17) is 0 Å². The van der Waals surface area contributed by atoms with E-state index in [2.05, 4.69) is 30.2 Å². The first kappa shape index (κ1) is 18.9. The molecule has 2 aromatic carbocycles. The number of hydrogen-bond acceptors (Lipinski definition) is 6. The monoisotopic (exact) mass is 415 g/mol. The zero-order valence-electron chi connectivity index (χ0n) is 16.8. The number of aryl methyl sites for hydroxylation is 1. The van der Waals surface area contributed by atoms with Gasteiger partial charge in [0.1, 0.15) is 28.9 Å². The molecule has 9 heteroatoms. The van der Waals surface area contributed by atoms with Crippen molar-refractivity contribution in [1.29, 1.82) is 0 Å². The lowest BCUT2D eigenvalue weighted by Gasteiger charge is -2.21. The predicted molar refractivity (Wildman–Crippen MR) is 116 cm³/mol. The van der Waals surface area contributed by atoms with Crippen LogP contribution >= 0.6 is 0 Å². The van der Waals surface area contributed by atoms with Gasteiger partial charge in [-0.25, -0.2) is 24.3 Å². The van der Waals surface area contributed by atoms with Gasteiger partial charge in [-0.3, -0.25) is 9.36 Å². The Morgan fingerprint density at radius 1 is 1.10 bits per heavy atom. The predicted octanol–water partition coefficient (Wildman–Crippen LogP) is 3.67. The van der Waals surface area contributed by atoms with Crippen LogP contribution in [0.15, 0.2) is 59.9 Å². The van der Waals surface area contributed by atoms with Crippen molar-refractivity contribution in [3.63, 3.8) is 0 Å². The first-order valence-corrected chi connectivity index (χ1v) is 9.72. The number of nitrogens with one attached hydrogen (secondary N) is 2. The Balaban J connectivity index is 1.74.